The van der Waals surface area contributed by atoms with Crippen LogP contribution in [0.15, 0.2) is 27.0 Å². The maximum atomic E-state index is 12.5. The van der Waals surface area contributed by atoms with Gasteiger partial charge in [0.1, 0.15) is 10.7 Å². The number of sulfonamides is 1. The molecule has 1 aliphatic carbocycles. The first-order valence-electron chi connectivity index (χ1n) is 7.16. The molecule has 0 radical (unpaired) electrons. The van der Waals surface area contributed by atoms with Gasteiger partial charge in [-0.05, 0) is 31.3 Å². The van der Waals surface area contributed by atoms with E-state index in [9.17, 15) is 22.0 Å². The van der Waals surface area contributed by atoms with Gasteiger partial charge in [0.15, 0.2) is 0 Å². The van der Waals surface area contributed by atoms with Crippen LogP contribution in [0.1, 0.15) is 48.9 Å². The first-order chi connectivity index (χ1) is 10.7. The van der Waals surface area contributed by atoms with Crippen LogP contribution >= 0.6 is 0 Å². The Labute approximate surface area is 132 Å². The van der Waals surface area contributed by atoms with Gasteiger partial charge < -0.3 is 9.52 Å². The summed E-state index contributed by atoms with van der Waals surface area (Å²) >= 11 is 0. The highest BCUT2D eigenvalue weighted by Gasteiger charge is 2.29. The van der Waals surface area contributed by atoms with E-state index in [2.05, 4.69) is 4.72 Å². The fourth-order valence-electron chi connectivity index (χ4n) is 2.55. The van der Waals surface area contributed by atoms with E-state index in [1.807, 2.05) is 0 Å². The Morgan fingerprint density at radius 2 is 2.00 bits per heavy atom. The van der Waals surface area contributed by atoms with Gasteiger partial charge in [0.05, 0.1) is 0 Å². The van der Waals surface area contributed by atoms with Gasteiger partial charge in [0.25, 0.3) is 6.08 Å². The van der Waals surface area contributed by atoms with Gasteiger partial charge in [-0.15, -0.1) is 0 Å². The molecule has 0 aliphatic heterocycles. The Kier molecular flexibility index (Phi) is 5.20. The number of hydrogen-bond acceptors (Lipinski definition) is 4. The van der Waals surface area contributed by atoms with E-state index in [0.29, 0.717) is 0 Å². The topological polar surface area (TPSA) is 96.6 Å². The summed E-state index contributed by atoms with van der Waals surface area (Å²) in [5, 5.41) is 8.90. The number of rotatable bonds is 5. The quantitative estimate of drug-likeness (QED) is 0.852. The molecule has 0 aromatic carbocycles. The van der Waals surface area contributed by atoms with Crippen molar-refractivity contribution in [3.8, 4) is 0 Å². The zero-order valence-corrected chi connectivity index (χ0v) is 13.3. The van der Waals surface area contributed by atoms with Gasteiger partial charge in [-0.25, -0.2) is 17.9 Å². The molecule has 0 atom stereocenters. The predicted molar refractivity (Wildman–Crippen MR) is 76.9 cm³/mol. The van der Waals surface area contributed by atoms with E-state index >= 15 is 0 Å². The molecule has 0 bridgehead atoms. The first-order valence-corrected chi connectivity index (χ1v) is 8.64. The fraction of sp³-hybridized carbons (Fsp3) is 0.500. The zero-order chi connectivity index (χ0) is 17.2. The number of nitrogens with one attached hydrogen (secondary N) is 1. The Balaban J connectivity index is 2.17. The molecule has 0 spiro atoms. The number of furan rings is 1. The van der Waals surface area contributed by atoms with Crippen LogP contribution in [0, 0.1) is 0 Å². The number of carboxylic acid groups (broad SMARTS) is 1. The Morgan fingerprint density at radius 1 is 1.39 bits per heavy atom. The first kappa shape index (κ1) is 17.6. The van der Waals surface area contributed by atoms with E-state index in [-0.39, 0.29) is 48.3 Å². The molecular formula is C14H17F2NO5S. The lowest BCUT2D eigenvalue weighted by Gasteiger charge is -2.24. The number of aromatic carboxylic acids is 1. The van der Waals surface area contributed by atoms with Crippen molar-refractivity contribution < 1.29 is 31.5 Å². The minimum Gasteiger partial charge on any atom is -0.475 e. The Bertz CT molecular complexity index is 724. The summed E-state index contributed by atoms with van der Waals surface area (Å²) in [5.41, 5.74) is 0.0613. The average Bonchev–Trinajstić information content (AvgIpc) is 2.92. The van der Waals surface area contributed by atoms with Crippen LogP contribution in [0.5, 0.6) is 0 Å². The van der Waals surface area contributed by atoms with Crippen molar-refractivity contribution in [3.63, 3.8) is 0 Å². The smallest absolute Gasteiger partial charge is 0.371 e. The molecular weight excluding hydrogens is 332 g/mol. The molecule has 1 aromatic heterocycles. The third-order valence-corrected chi connectivity index (χ3v) is 5.34. The fourth-order valence-corrected chi connectivity index (χ4v) is 4.10. The second-order valence-corrected chi connectivity index (χ2v) is 7.00. The molecule has 1 saturated carbocycles. The second kappa shape index (κ2) is 6.79. The molecule has 1 fully saturated rings. The molecule has 2 N–H and O–H groups in total. The number of allylic oxidation sites excluding steroid dienone is 1. The molecule has 1 heterocycles. The molecule has 1 aromatic rings. The van der Waals surface area contributed by atoms with Crippen LogP contribution < -0.4 is 4.72 Å². The summed E-state index contributed by atoms with van der Waals surface area (Å²) in [6.45, 7) is 1.64. The molecule has 0 amide bonds. The summed E-state index contributed by atoms with van der Waals surface area (Å²) in [5.74, 6) is -1.75. The second-order valence-electron chi connectivity index (χ2n) is 5.32. The largest absolute Gasteiger partial charge is 0.475 e. The summed E-state index contributed by atoms with van der Waals surface area (Å²) in [6, 6.07) is 0.509. The van der Waals surface area contributed by atoms with Gasteiger partial charge in [-0.3, -0.25) is 0 Å². The SMILES string of the molecule is CCc1oc(C(=O)O)cc1S(=O)(=O)NC1CCC(=C(F)F)CC1. The van der Waals surface area contributed by atoms with Gasteiger partial charge in [-0.1, -0.05) is 6.92 Å². The van der Waals surface area contributed by atoms with Gasteiger partial charge >= 0.3 is 5.97 Å². The summed E-state index contributed by atoms with van der Waals surface area (Å²) in [6.07, 6.45) is -0.646. The van der Waals surface area contributed by atoms with Crippen LogP contribution in [0.4, 0.5) is 8.78 Å². The maximum absolute atomic E-state index is 12.5. The molecule has 0 saturated heterocycles. The zero-order valence-electron chi connectivity index (χ0n) is 12.4. The lowest BCUT2D eigenvalue weighted by molar-refractivity contribution is 0.0660. The lowest BCUT2D eigenvalue weighted by Crippen LogP contribution is -2.36. The molecule has 9 heteroatoms. The molecule has 1 aliphatic rings. The number of carboxylic acids is 1. The predicted octanol–water partition coefficient (Wildman–Crippen LogP) is 2.91. The Hall–Kier alpha value is -1.74. The van der Waals surface area contributed by atoms with Crippen molar-refractivity contribution >= 4 is 16.0 Å². The number of hydrogen-bond donors (Lipinski definition) is 2. The van der Waals surface area contributed by atoms with Crippen LogP contribution in [-0.2, 0) is 16.4 Å². The molecule has 0 unspecified atom stereocenters. The summed E-state index contributed by atoms with van der Waals surface area (Å²) < 4.78 is 57.3. The van der Waals surface area contributed by atoms with Crippen molar-refractivity contribution in [1.82, 2.24) is 4.72 Å². The van der Waals surface area contributed by atoms with Crippen molar-refractivity contribution in [1.29, 1.82) is 0 Å². The average molecular weight is 349 g/mol. The van der Waals surface area contributed by atoms with E-state index < -0.39 is 33.9 Å². The monoisotopic (exact) mass is 349 g/mol. The summed E-state index contributed by atoms with van der Waals surface area (Å²) in [4.78, 5) is 10.7. The molecule has 23 heavy (non-hydrogen) atoms. The third kappa shape index (κ3) is 3.97. The van der Waals surface area contributed by atoms with Crippen molar-refractivity contribution in [2.24, 2.45) is 0 Å². The molecule has 6 nitrogen and oxygen atoms in total. The minimum absolute atomic E-state index is 0.0566. The number of carbonyl (C=O) groups is 1. The van der Waals surface area contributed by atoms with Crippen molar-refractivity contribution in [3.05, 3.63) is 29.2 Å². The van der Waals surface area contributed by atoms with Gasteiger partial charge in [0, 0.05) is 18.5 Å². The van der Waals surface area contributed by atoms with E-state index in [0.717, 1.165) is 6.07 Å². The van der Waals surface area contributed by atoms with Crippen LogP contribution in [0.25, 0.3) is 0 Å². The summed E-state index contributed by atoms with van der Waals surface area (Å²) in [7, 11) is -3.96. The van der Waals surface area contributed by atoms with Crippen molar-refractivity contribution in [2.75, 3.05) is 0 Å². The molecule has 2 rings (SSSR count). The highest BCUT2D eigenvalue weighted by molar-refractivity contribution is 7.89. The highest BCUT2D eigenvalue weighted by atomic mass is 32.2. The lowest BCUT2D eigenvalue weighted by atomic mass is 9.92. The standard InChI is InChI=1S/C14H17F2NO5S/c1-2-10-12(7-11(22-10)14(18)19)23(20,21)17-9-5-3-8(4-6-9)13(15)16/h7,9,17H,2-6H2,1H3,(H,18,19). The van der Waals surface area contributed by atoms with Crippen LogP contribution in [0.3, 0.4) is 0 Å². The van der Waals surface area contributed by atoms with Crippen LogP contribution in [0.2, 0.25) is 0 Å². The van der Waals surface area contributed by atoms with Crippen molar-refractivity contribution in [2.45, 2.75) is 50.0 Å². The molecule has 128 valence electrons. The van der Waals surface area contributed by atoms with E-state index in [1.165, 1.54) is 0 Å². The van der Waals surface area contributed by atoms with E-state index in [1.54, 1.807) is 6.92 Å². The Morgan fingerprint density at radius 3 is 2.48 bits per heavy atom. The normalized spacial score (nSPS) is 18.9. The number of halogens is 2. The van der Waals surface area contributed by atoms with Crippen LogP contribution in [-0.4, -0.2) is 25.5 Å². The van der Waals surface area contributed by atoms with Gasteiger partial charge in [0.2, 0.25) is 15.8 Å². The van der Waals surface area contributed by atoms with E-state index in [4.69, 9.17) is 9.52 Å². The number of aryl methyl sites for hydroxylation is 1. The third-order valence-electron chi connectivity index (χ3n) is 3.77. The maximum Gasteiger partial charge on any atom is 0.371 e. The minimum atomic E-state index is -3.96. The van der Waals surface area contributed by atoms with Gasteiger partial charge in [-0.2, -0.15) is 8.78 Å². The highest BCUT2D eigenvalue weighted by Crippen LogP contribution is 2.29.